The van der Waals surface area contributed by atoms with Crippen LogP contribution in [-0.2, 0) is 16.0 Å². The number of ether oxygens (including phenoxy) is 1. The molecule has 0 aliphatic heterocycles. The Kier molecular flexibility index (Phi) is 4.14. The van der Waals surface area contributed by atoms with Gasteiger partial charge in [-0.15, -0.1) is 0 Å². The van der Waals surface area contributed by atoms with E-state index in [9.17, 15) is 4.79 Å². The maximum Gasteiger partial charge on any atom is 0.308 e. The van der Waals surface area contributed by atoms with E-state index in [1.165, 1.54) is 7.11 Å². The Labute approximate surface area is 92.4 Å². The van der Waals surface area contributed by atoms with Crippen LogP contribution in [-0.4, -0.2) is 13.1 Å². The van der Waals surface area contributed by atoms with Gasteiger partial charge in [-0.3, -0.25) is 4.79 Å². The summed E-state index contributed by atoms with van der Waals surface area (Å²) >= 11 is 3.36. The number of benzene rings is 1. The highest BCUT2D eigenvalue weighted by molar-refractivity contribution is 9.10. The summed E-state index contributed by atoms with van der Waals surface area (Å²) < 4.78 is 5.71. The summed E-state index contributed by atoms with van der Waals surface area (Å²) in [4.78, 5) is 11.2. The first-order valence-electron chi connectivity index (χ1n) is 4.45. The lowest BCUT2D eigenvalue weighted by molar-refractivity contribution is -0.144. The maximum atomic E-state index is 11.2. The van der Waals surface area contributed by atoms with E-state index < -0.39 is 0 Å². The second-order valence-corrected chi connectivity index (χ2v) is 4.17. The van der Waals surface area contributed by atoms with Crippen molar-refractivity contribution in [1.29, 1.82) is 0 Å². The third-order valence-electron chi connectivity index (χ3n) is 2.06. The van der Waals surface area contributed by atoms with Crippen LogP contribution in [0.2, 0.25) is 0 Å². The highest BCUT2D eigenvalue weighted by atomic mass is 79.9. The smallest absolute Gasteiger partial charge is 0.308 e. The third kappa shape index (κ3) is 3.14. The van der Waals surface area contributed by atoms with Crippen LogP contribution in [0.3, 0.4) is 0 Å². The lowest BCUT2D eigenvalue weighted by atomic mass is 10.0. The van der Waals surface area contributed by atoms with Crippen LogP contribution in [0, 0.1) is 5.92 Å². The molecule has 1 aromatic carbocycles. The Morgan fingerprint density at radius 3 is 2.50 bits per heavy atom. The van der Waals surface area contributed by atoms with E-state index in [1.807, 2.05) is 31.2 Å². The van der Waals surface area contributed by atoms with E-state index in [-0.39, 0.29) is 11.9 Å². The normalized spacial score (nSPS) is 12.2. The number of carbonyl (C=O) groups is 1. The molecule has 0 saturated carbocycles. The highest BCUT2D eigenvalue weighted by Gasteiger charge is 2.13. The zero-order chi connectivity index (χ0) is 10.6. The molecule has 0 spiro atoms. The van der Waals surface area contributed by atoms with Crippen LogP contribution in [0.15, 0.2) is 28.7 Å². The van der Waals surface area contributed by atoms with Gasteiger partial charge in [-0.2, -0.15) is 0 Å². The number of hydrogen-bond acceptors (Lipinski definition) is 2. The van der Waals surface area contributed by atoms with Gasteiger partial charge in [0, 0.05) is 4.47 Å². The van der Waals surface area contributed by atoms with Gasteiger partial charge in [0.1, 0.15) is 0 Å². The van der Waals surface area contributed by atoms with Crippen LogP contribution in [0.25, 0.3) is 0 Å². The molecule has 0 aromatic heterocycles. The lowest BCUT2D eigenvalue weighted by Gasteiger charge is -2.08. The fourth-order valence-electron chi connectivity index (χ4n) is 1.26. The Morgan fingerprint density at radius 2 is 2.00 bits per heavy atom. The Balaban J connectivity index is 2.60. The zero-order valence-corrected chi connectivity index (χ0v) is 9.87. The fraction of sp³-hybridized carbons (Fsp3) is 0.364. The number of halogens is 1. The van der Waals surface area contributed by atoms with Crippen molar-refractivity contribution in [2.24, 2.45) is 5.92 Å². The van der Waals surface area contributed by atoms with Crippen LogP contribution in [0.4, 0.5) is 0 Å². The van der Waals surface area contributed by atoms with E-state index in [1.54, 1.807) is 0 Å². The predicted octanol–water partition coefficient (Wildman–Crippen LogP) is 2.80. The molecule has 0 aliphatic rings. The number of esters is 1. The molecule has 14 heavy (non-hydrogen) atoms. The summed E-state index contributed by atoms with van der Waals surface area (Å²) in [6, 6.07) is 7.95. The number of hydrogen-bond donors (Lipinski definition) is 0. The highest BCUT2D eigenvalue weighted by Crippen LogP contribution is 2.14. The molecule has 1 rings (SSSR count). The summed E-state index contributed by atoms with van der Waals surface area (Å²) in [6.45, 7) is 1.87. The van der Waals surface area contributed by atoms with Crippen LogP contribution < -0.4 is 0 Å². The van der Waals surface area contributed by atoms with E-state index in [2.05, 4.69) is 20.7 Å². The van der Waals surface area contributed by atoms with Gasteiger partial charge >= 0.3 is 5.97 Å². The quantitative estimate of drug-likeness (QED) is 0.778. The first kappa shape index (κ1) is 11.2. The summed E-state index contributed by atoms with van der Waals surface area (Å²) in [7, 11) is 1.42. The summed E-state index contributed by atoms with van der Waals surface area (Å²) in [5.41, 5.74) is 1.14. The van der Waals surface area contributed by atoms with Crippen molar-refractivity contribution in [1.82, 2.24) is 0 Å². The minimum absolute atomic E-state index is 0.0822. The minimum Gasteiger partial charge on any atom is -0.469 e. The van der Waals surface area contributed by atoms with Crippen molar-refractivity contribution in [2.75, 3.05) is 7.11 Å². The SMILES string of the molecule is COC(=O)[C@@H](C)Cc1ccc(Br)cc1. The minimum atomic E-state index is -0.159. The second-order valence-electron chi connectivity index (χ2n) is 3.25. The molecule has 0 unspecified atom stereocenters. The molecule has 2 nitrogen and oxygen atoms in total. The molecule has 3 heteroatoms. The number of rotatable bonds is 3. The van der Waals surface area contributed by atoms with Crippen molar-refractivity contribution < 1.29 is 9.53 Å². The molecule has 0 saturated heterocycles. The van der Waals surface area contributed by atoms with E-state index in [0.717, 1.165) is 16.5 Å². The van der Waals surface area contributed by atoms with Gasteiger partial charge in [0.15, 0.2) is 0 Å². The van der Waals surface area contributed by atoms with Gasteiger partial charge in [-0.25, -0.2) is 0 Å². The van der Waals surface area contributed by atoms with Gasteiger partial charge in [-0.1, -0.05) is 35.0 Å². The molecule has 1 aromatic rings. The summed E-state index contributed by atoms with van der Waals surface area (Å²) in [6.07, 6.45) is 0.722. The summed E-state index contributed by atoms with van der Waals surface area (Å²) in [5, 5.41) is 0. The van der Waals surface area contributed by atoms with Crippen LogP contribution in [0.5, 0.6) is 0 Å². The van der Waals surface area contributed by atoms with Crippen molar-refractivity contribution in [3.8, 4) is 0 Å². The Bertz CT molecular complexity index is 306. The van der Waals surface area contributed by atoms with Gasteiger partial charge in [-0.05, 0) is 24.1 Å². The Hall–Kier alpha value is -0.830. The Morgan fingerprint density at radius 1 is 1.43 bits per heavy atom. The monoisotopic (exact) mass is 256 g/mol. The molecule has 0 aliphatic carbocycles. The van der Waals surface area contributed by atoms with Gasteiger partial charge < -0.3 is 4.74 Å². The van der Waals surface area contributed by atoms with Crippen molar-refractivity contribution in [2.45, 2.75) is 13.3 Å². The van der Waals surface area contributed by atoms with E-state index in [4.69, 9.17) is 0 Å². The molecule has 0 radical (unpaired) electrons. The molecular formula is C11H13BrO2. The number of methoxy groups -OCH3 is 1. The average Bonchev–Trinajstić information content (AvgIpc) is 2.20. The van der Waals surface area contributed by atoms with Gasteiger partial charge in [0.2, 0.25) is 0 Å². The first-order valence-corrected chi connectivity index (χ1v) is 5.25. The standard InChI is InChI=1S/C11H13BrO2/c1-8(11(13)14-2)7-9-3-5-10(12)6-4-9/h3-6,8H,7H2,1-2H3/t8-/m0/s1. The topological polar surface area (TPSA) is 26.3 Å². The van der Waals surface area contributed by atoms with Crippen LogP contribution in [0.1, 0.15) is 12.5 Å². The average molecular weight is 257 g/mol. The molecule has 0 N–H and O–H groups in total. The molecule has 0 fully saturated rings. The van der Waals surface area contributed by atoms with Crippen molar-refractivity contribution >= 4 is 21.9 Å². The lowest BCUT2D eigenvalue weighted by Crippen LogP contribution is -2.14. The van der Waals surface area contributed by atoms with Crippen molar-refractivity contribution in [3.63, 3.8) is 0 Å². The molecular weight excluding hydrogens is 244 g/mol. The van der Waals surface area contributed by atoms with E-state index >= 15 is 0 Å². The molecule has 0 bridgehead atoms. The van der Waals surface area contributed by atoms with Gasteiger partial charge in [0.25, 0.3) is 0 Å². The second kappa shape index (κ2) is 5.15. The zero-order valence-electron chi connectivity index (χ0n) is 8.29. The van der Waals surface area contributed by atoms with Crippen molar-refractivity contribution in [3.05, 3.63) is 34.3 Å². The first-order chi connectivity index (χ1) is 6.63. The van der Waals surface area contributed by atoms with Crippen LogP contribution >= 0.6 is 15.9 Å². The maximum absolute atomic E-state index is 11.2. The molecule has 0 heterocycles. The summed E-state index contributed by atoms with van der Waals surface area (Å²) in [5.74, 6) is -0.242. The largest absolute Gasteiger partial charge is 0.469 e. The molecule has 1 atom stereocenters. The fourth-order valence-corrected chi connectivity index (χ4v) is 1.52. The third-order valence-corrected chi connectivity index (χ3v) is 2.59. The predicted molar refractivity (Wildman–Crippen MR) is 59.0 cm³/mol. The van der Waals surface area contributed by atoms with E-state index in [0.29, 0.717) is 0 Å². The molecule has 0 amide bonds. The van der Waals surface area contributed by atoms with Gasteiger partial charge in [0.05, 0.1) is 13.0 Å². The molecule has 76 valence electrons. The number of carbonyl (C=O) groups excluding carboxylic acids is 1.